The second-order valence-electron chi connectivity index (χ2n) is 5.96. The van der Waals surface area contributed by atoms with E-state index in [0.29, 0.717) is 18.0 Å². The molecule has 0 aromatic heterocycles. The fraction of sp³-hybridized carbons (Fsp3) is 0.562. The molecule has 1 aromatic rings. The van der Waals surface area contributed by atoms with E-state index in [9.17, 15) is 13.2 Å². The molecule has 6 nitrogen and oxygen atoms in total. The molecule has 1 fully saturated rings. The predicted molar refractivity (Wildman–Crippen MR) is 89.6 cm³/mol. The Morgan fingerprint density at radius 1 is 1.30 bits per heavy atom. The first-order valence-corrected chi connectivity index (χ1v) is 9.54. The fourth-order valence-corrected chi connectivity index (χ4v) is 3.50. The lowest BCUT2D eigenvalue weighted by Crippen LogP contribution is -2.36. The first-order valence-electron chi connectivity index (χ1n) is 7.99. The maximum atomic E-state index is 12.6. The largest absolute Gasteiger partial charge is 0.339 e. The number of carbonyl (C=O) groups excluding carboxylic acids is 1. The number of likely N-dealkylation sites (tertiary alicyclic amines) is 1. The number of nitrogens with two attached hydrogens (primary N) is 1. The van der Waals surface area contributed by atoms with Gasteiger partial charge in [0, 0.05) is 25.2 Å². The van der Waals surface area contributed by atoms with E-state index in [1.165, 1.54) is 24.3 Å². The van der Waals surface area contributed by atoms with Gasteiger partial charge in [-0.05, 0) is 56.6 Å². The summed E-state index contributed by atoms with van der Waals surface area (Å²) in [6.07, 6.45) is 1.11. The van der Waals surface area contributed by atoms with Crippen molar-refractivity contribution in [1.29, 1.82) is 0 Å². The van der Waals surface area contributed by atoms with Gasteiger partial charge in [0.25, 0.3) is 5.91 Å². The van der Waals surface area contributed by atoms with Gasteiger partial charge in [-0.3, -0.25) is 4.79 Å². The lowest BCUT2D eigenvalue weighted by Gasteiger charge is -2.24. The van der Waals surface area contributed by atoms with Gasteiger partial charge >= 0.3 is 0 Å². The highest BCUT2D eigenvalue weighted by Crippen LogP contribution is 2.18. The van der Waals surface area contributed by atoms with Crippen LogP contribution < -0.4 is 5.14 Å². The predicted octanol–water partition coefficient (Wildman–Crippen LogP) is 1.14. The first-order chi connectivity index (χ1) is 10.8. The van der Waals surface area contributed by atoms with Crippen LogP contribution in [-0.4, -0.2) is 56.8 Å². The summed E-state index contributed by atoms with van der Waals surface area (Å²) in [5, 5.41) is 5.08. The zero-order valence-electron chi connectivity index (χ0n) is 13.7. The highest BCUT2D eigenvalue weighted by molar-refractivity contribution is 7.89. The number of primary sulfonamides is 1. The maximum absolute atomic E-state index is 12.6. The second kappa shape index (κ2) is 7.42. The van der Waals surface area contributed by atoms with E-state index >= 15 is 0 Å². The van der Waals surface area contributed by atoms with Gasteiger partial charge in [0.15, 0.2) is 0 Å². The summed E-state index contributed by atoms with van der Waals surface area (Å²) in [4.78, 5) is 16.8. The van der Waals surface area contributed by atoms with Crippen molar-refractivity contribution in [2.75, 3.05) is 32.7 Å². The van der Waals surface area contributed by atoms with Crippen molar-refractivity contribution in [3.8, 4) is 0 Å². The molecule has 1 aliphatic rings. The Balaban J connectivity index is 2.05. The molecule has 2 rings (SSSR count). The summed E-state index contributed by atoms with van der Waals surface area (Å²) in [7, 11) is -3.73. The molecule has 1 aliphatic heterocycles. The molecular formula is C16H25N3O3S. The minimum absolute atomic E-state index is 0.0199. The molecular weight excluding hydrogens is 314 g/mol. The van der Waals surface area contributed by atoms with Crippen molar-refractivity contribution in [1.82, 2.24) is 9.80 Å². The van der Waals surface area contributed by atoms with E-state index in [1.807, 2.05) is 11.8 Å². The molecule has 7 heteroatoms. The van der Waals surface area contributed by atoms with E-state index in [1.54, 1.807) is 0 Å². The summed E-state index contributed by atoms with van der Waals surface area (Å²) in [6.45, 7) is 8.66. The van der Waals surface area contributed by atoms with E-state index in [0.717, 1.165) is 32.6 Å². The molecule has 1 saturated heterocycles. The van der Waals surface area contributed by atoms with Crippen LogP contribution >= 0.6 is 0 Å². The molecule has 0 bridgehead atoms. The number of hydrogen-bond donors (Lipinski definition) is 1. The number of benzene rings is 1. The number of rotatable bonds is 6. The third-order valence-corrected chi connectivity index (χ3v) is 5.32. The van der Waals surface area contributed by atoms with Crippen LogP contribution in [0.2, 0.25) is 0 Å². The number of carbonyl (C=O) groups is 1. The van der Waals surface area contributed by atoms with Crippen LogP contribution in [0.1, 0.15) is 30.6 Å². The average molecular weight is 339 g/mol. The van der Waals surface area contributed by atoms with Crippen LogP contribution in [0.5, 0.6) is 0 Å². The minimum Gasteiger partial charge on any atom is -0.339 e. The molecule has 1 atom stereocenters. The standard InChI is InChI=1S/C16H25N3O3S/c1-3-18-10-9-13(11-18)12-19(4-2)16(20)14-5-7-15(8-6-14)23(17,21)22/h5-8,13H,3-4,9-12H2,1-2H3,(H2,17,21,22). The van der Waals surface area contributed by atoms with Gasteiger partial charge in [-0.1, -0.05) is 6.92 Å². The molecule has 2 N–H and O–H groups in total. The Kier molecular flexibility index (Phi) is 5.78. The molecule has 0 spiro atoms. The van der Waals surface area contributed by atoms with Gasteiger partial charge in [0.05, 0.1) is 4.90 Å². The monoisotopic (exact) mass is 339 g/mol. The van der Waals surface area contributed by atoms with Gasteiger partial charge in [0.2, 0.25) is 10.0 Å². The second-order valence-corrected chi connectivity index (χ2v) is 7.52. The smallest absolute Gasteiger partial charge is 0.253 e. The highest BCUT2D eigenvalue weighted by Gasteiger charge is 2.25. The zero-order valence-corrected chi connectivity index (χ0v) is 14.6. The van der Waals surface area contributed by atoms with E-state index < -0.39 is 10.0 Å². The number of sulfonamides is 1. The van der Waals surface area contributed by atoms with Crippen LogP contribution in [0.3, 0.4) is 0 Å². The van der Waals surface area contributed by atoms with E-state index in [-0.39, 0.29) is 10.8 Å². The van der Waals surface area contributed by atoms with E-state index in [4.69, 9.17) is 5.14 Å². The third-order valence-electron chi connectivity index (χ3n) is 4.39. The van der Waals surface area contributed by atoms with Gasteiger partial charge in [-0.2, -0.15) is 0 Å². The van der Waals surface area contributed by atoms with Crippen molar-refractivity contribution < 1.29 is 13.2 Å². The molecule has 1 aromatic carbocycles. The summed E-state index contributed by atoms with van der Waals surface area (Å²) in [5.41, 5.74) is 0.490. The van der Waals surface area contributed by atoms with Gasteiger partial charge in [-0.25, -0.2) is 13.6 Å². The quantitative estimate of drug-likeness (QED) is 0.842. The lowest BCUT2D eigenvalue weighted by molar-refractivity contribution is 0.0739. The third kappa shape index (κ3) is 4.53. The SMILES string of the molecule is CCN1CCC(CN(CC)C(=O)c2ccc(S(N)(=O)=O)cc2)C1. The molecule has 23 heavy (non-hydrogen) atoms. The lowest BCUT2D eigenvalue weighted by atomic mass is 10.1. The Hall–Kier alpha value is -1.44. The molecule has 0 saturated carbocycles. The van der Waals surface area contributed by atoms with Crippen LogP contribution in [0.25, 0.3) is 0 Å². The van der Waals surface area contributed by atoms with Crippen molar-refractivity contribution in [3.63, 3.8) is 0 Å². The zero-order chi connectivity index (χ0) is 17.0. The molecule has 128 valence electrons. The number of hydrogen-bond acceptors (Lipinski definition) is 4. The van der Waals surface area contributed by atoms with Gasteiger partial charge in [0.1, 0.15) is 0 Å². The molecule has 0 aliphatic carbocycles. The molecule has 0 radical (unpaired) electrons. The highest BCUT2D eigenvalue weighted by atomic mass is 32.2. The van der Waals surface area contributed by atoms with Crippen LogP contribution in [0.4, 0.5) is 0 Å². The summed E-state index contributed by atoms with van der Waals surface area (Å²) >= 11 is 0. The van der Waals surface area contributed by atoms with Crippen molar-refractivity contribution >= 4 is 15.9 Å². The number of amides is 1. The Labute approximate surface area is 138 Å². The normalized spacial score (nSPS) is 19.0. The van der Waals surface area contributed by atoms with E-state index in [2.05, 4.69) is 11.8 Å². The summed E-state index contributed by atoms with van der Waals surface area (Å²) in [5.74, 6) is 0.436. The van der Waals surface area contributed by atoms with Crippen molar-refractivity contribution in [2.45, 2.75) is 25.2 Å². The maximum Gasteiger partial charge on any atom is 0.253 e. The van der Waals surface area contributed by atoms with Gasteiger partial charge < -0.3 is 9.80 Å². The van der Waals surface area contributed by atoms with Crippen molar-refractivity contribution in [2.24, 2.45) is 11.1 Å². The van der Waals surface area contributed by atoms with Crippen LogP contribution in [0, 0.1) is 5.92 Å². The molecule has 1 unspecified atom stereocenters. The average Bonchev–Trinajstić information content (AvgIpc) is 2.99. The Morgan fingerprint density at radius 2 is 1.96 bits per heavy atom. The summed E-state index contributed by atoms with van der Waals surface area (Å²) < 4.78 is 22.5. The Bertz CT molecular complexity index is 643. The topological polar surface area (TPSA) is 83.7 Å². The molecule has 1 heterocycles. The van der Waals surface area contributed by atoms with Crippen LogP contribution in [-0.2, 0) is 10.0 Å². The summed E-state index contributed by atoms with van der Waals surface area (Å²) in [6, 6.07) is 5.81. The molecule has 1 amide bonds. The van der Waals surface area contributed by atoms with Crippen LogP contribution in [0.15, 0.2) is 29.2 Å². The minimum atomic E-state index is -3.73. The van der Waals surface area contributed by atoms with Crippen molar-refractivity contribution in [3.05, 3.63) is 29.8 Å². The first kappa shape index (κ1) is 17.9. The van der Waals surface area contributed by atoms with Gasteiger partial charge in [-0.15, -0.1) is 0 Å². The Morgan fingerprint density at radius 3 is 2.43 bits per heavy atom. The number of nitrogens with zero attached hydrogens (tertiary/aromatic N) is 2. The fourth-order valence-electron chi connectivity index (χ4n) is 2.99.